The molecule has 0 saturated carbocycles. The summed E-state index contributed by atoms with van der Waals surface area (Å²) < 4.78 is 16.5. The molecule has 0 amide bonds. The Morgan fingerprint density at radius 1 is 1.26 bits per heavy atom. The Morgan fingerprint density at radius 3 is 2.96 bits per heavy atom. The first-order valence-electron chi connectivity index (χ1n) is 9.18. The number of aromatic nitrogens is 1. The number of anilines is 2. The monoisotopic (exact) mass is 364 g/mol. The fourth-order valence-electron chi connectivity index (χ4n) is 4.24. The lowest BCUT2D eigenvalue weighted by molar-refractivity contribution is 0.174. The molecule has 3 aliphatic heterocycles. The van der Waals surface area contributed by atoms with E-state index in [1.54, 1.807) is 0 Å². The third kappa shape index (κ3) is 2.64. The Bertz CT molecular complexity index is 947. The highest BCUT2D eigenvalue weighted by Crippen LogP contribution is 2.39. The number of ether oxygens (including phenoxy) is 3. The van der Waals surface area contributed by atoms with Gasteiger partial charge >= 0.3 is 0 Å². The van der Waals surface area contributed by atoms with E-state index in [0.717, 1.165) is 60.0 Å². The van der Waals surface area contributed by atoms with Crippen LogP contribution >= 0.6 is 0 Å². The quantitative estimate of drug-likeness (QED) is 0.874. The van der Waals surface area contributed by atoms with Gasteiger partial charge in [-0.1, -0.05) is 0 Å². The Balaban J connectivity index is 1.55. The molecule has 27 heavy (non-hydrogen) atoms. The summed E-state index contributed by atoms with van der Waals surface area (Å²) in [7, 11) is 0. The van der Waals surface area contributed by atoms with Gasteiger partial charge in [0.15, 0.2) is 11.5 Å². The summed E-state index contributed by atoms with van der Waals surface area (Å²) in [6.45, 7) is 3.16. The summed E-state index contributed by atoms with van der Waals surface area (Å²) in [5.74, 6) is 2.10. The molecule has 1 atom stereocenters. The molecule has 138 valence electrons. The van der Waals surface area contributed by atoms with Crippen LogP contribution in [0.5, 0.6) is 11.5 Å². The van der Waals surface area contributed by atoms with Crippen molar-refractivity contribution < 1.29 is 14.2 Å². The van der Waals surface area contributed by atoms with Crippen LogP contribution in [0.15, 0.2) is 18.2 Å². The minimum atomic E-state index is 0.204. The average Bonchev–Trinajstić information content (AvgIpc) is 3.37. The van der Waals surface area contributed by atoms with Crippen LogP contribution in [0.1, 0.15) is 34.7 Å². The van der Waals surface area contributed by atoms with Gasteiger partial charge in [-0.25, -0.2) is 4.98 Å². The molecule has 0 aliphatic carbocycles. The normalized spacial score (nSPS) is 20.4. The second-order valence-corrected chi connectivity index (χ2v) is 7.09. The lowest BCUT2D eigenvalue weighted by Crippen LogP contribution is -2.33. The molecule has 1 saturated heterocycles. The predicted molar refractivity (Wildman–Crippen MR) is 98.9 cm³/mol. The molecule has 5 rings (SSSR count). The van der Waals surface area contributed by atoms with Crippen LogP contribution in [0, 0.1) is 11.3 Å². The zero-order valence-electron chi connectivity index (χ0n) is 14.9. The second kappa shape index (κ2) is 6.32. The van der Waals surface area contributed by atoms with Gasteiger partial charge < -0.3 is 24.8 Å². The number of nitriles is 1. The van der Waals surface area contributed by atoms with E-state index >= 15 is 0 Å². The maximum atomic E-state index is 9.70. The van der Waals surface area contributed by atoms with E-state index in [9.17, 15) is 5.26 Å². The predicted octanol–water partition coefficient (Wildman–Crippen LogP) is 2.33. The van der Waals surface area contributed by atoms with E-state index in [4.69, 9.17) is 19.9 Å². The number of pyridine rings is 1. The number of nitrogen functional groups attached to an aromatic ring is 1. The standard InChI is InChI=1S/C20H20N4O3/c21-8-14-19(12-4-6-25-10-12)15-9-24(5-3-16(15)23-20(14)22)13-1-2-17-18(7-13)27-11-26-17/h1-2,7,12H,3-6,9-11H2,(H2,22,23)/t12-/m0/s1. The highest BCUT2D eigenvalue weighted by molar-refractivity contribution is 5.62. The molecule has 1 aromatic heterocycles. The van der Waals surface area contributed by atoms with Gasteiger partial charge in [-0.05, 0) is 29.7 Å². The van der Waals surface area contributed by atoms with Gasteiger partial charge in [0, 0.05) is 49.5 Å². The minimum absolute atomic E-state index is 0.204. The summed E-state index contributed by atoms with van der Waals surface area (Å²) in [5.41, 5.74) is 10.9. The first-order valence-corrected chi connectivity index (χ1v) is 9.18. The van der Waals surface area contributed by atoms with Crippen LogP contribution < -0.4 is 20.1 Å². The van der Waals surface area contributed by atoms with Crippen LogP contribution in [0.3, 0.4) is 0 Å². The van der Waals surface area contributed by atoms with Gasteiger partial charge in [0.2, 0.25) is 6.79 Å². The number of benzene rings is 1. The van der Waals surface area contributed by atoms with Crippen molar-refractivity contribution in [2.24, 2.45) is 0 Å². The molecule has 0 spiro atoms. The van der Waals surface area contributed by atoms with E-state index in [2.05, 4.69) is 16.0 Å². The zero-order chi connectivity index (χ0) is 18.4. The van der Waals surface area contributed by atoms with Gasteiger partial charge in [-0.2, -0.15) is 5.26 Å². The SMILES string of the molecule is N#Cc1c(N)nc2c(c1[C@H]1CCOC1)CN(c1ccc3c(c1)OCO3)CC2. The number of hydrogen-bond acceptors (Lipinski definition) is 7. The van der Waals surface area contributed by atoms with Crippen LogP contribution in [-0.4, -0.2) is 31.5 Å². The molecule has 4 heterocycles. The maximum Gasteiger partial charge on any atom is 0.231 e. The van der Waals surface area contributed by atoms with Gasteiger partial charge in [-0.3, -0.25) is 0 Å². The van der Waals surface area contributed by atoms with Crippen molar-refractivity contribution in [2.75, 3.05) is 37.2 Å². The van der Waals surface area contributed by atoms with Crippen molar-refractivity contribution in [1.82, 2.24) is 4.98 Å². The molecule has 2 aromatic rings. The number of hydrogen-bond donors (Lipinski definition) is 1. The van der Waals surface area contributed by atoms with Gasteiger partial charge in [-0.15, -0.1) is 0 Å². The molecule has 1 aromatic carbocycles. The van der Waals surface area contributed by atoms with E-state index < -0.39 is 0 Å². The van der Waals surface area contributed by atoms with Gasteiger partial charge in [0.1, 0.15) is 11.9 Å². The fourth-order valence-corrected chi connectivity index (χ4v) is 4.24. The Morgan fingerprint density at radius 2 is 2.15 bits per heavy atom. The summed E-state index contributed by atoms with van der Waals surface area (Å²) >= 11 is 0. The first kappa shape index (κ1) is 16.2. The lowest BCUT2D eigenvalue weighted by Gasteiger charge is -2.33. The Hall–Kier alpha value is -2.98. The molecule has 0 unspecified atom stereocenters. The summed E-state index contributed by atoms with van der Waals surface area (Å²) in [4.78, 5) is 6.84. The van der Waals surface area contributed by atoms with Crippen molar-refractivity contribution in [2.45, 2.75) is 25.3 Å². The largest absolute Gasteiger partial charge is 0.454 e. The Kier molecular flexibility index (Phi) is 3.80. The van der Waals surface area contributed by atoms with E-state index in [0.29, 0.717) is 24.5 Å². The topological polar surface area (TPSA) is 93.6 Å². The molecule has 1 fully saturated rings. The molecular weight excluding hydrogens is 344 g/mol. The van der Waals surface area contributed by atoms with Crippen molar-refractivity contribution >= 4 is 11.5 Å². The maximum absolute atomic E-state index is 9.70. The van der Waals surface area contributed by atoms with Crippen LogP contribution in [-0.2, 0) is 17.7 Å². The number of nitrogens with zero attached hydrogens (tertiary/aromatic N) is 3. The third-order valence-corrected chi connectivity index (χ3v) is 5.59. The molecular formula is C20H20N4O3. The summed E-state index contributed by atoms with van der Waals surface area (Å²) in [6, 6.07) is 8.29. The highest BCUT2D eigenvalue weighted by Gasteiger charge is 2.31. The van der Waals surface area contributed by atoms with E-state index in [1.807, 2.05) is 18.2 Å². The number of rotatable bonds is 2. The minimum Gasteiger partial charge on any atom is -0.454 e. The van der Waals surface area contributed by atoms with E-state index in [1.165, 1.54) is 0 Å². The fraction of sp³-hybridized carbons (Fsp3) is 0.400. The molecule has 7 heteroatoms. The van der Waals surface area contributed by atoms with Crippen molar-refractivity contribution in [1.29, 1.82) is 5.26 Å². The second-order valence-electron chi connectivity index (χ2n) is 7.09. The average molecular weight is 364 g/mol. The van der Waals surface area contributed by atoms with Crippen molar-refractivity contribution in [3.8, 4) is 17.6 Å². The smallest absolute Gasteiger partial charge is 0.231 e. The molecule has 3 aliphatic rings. The molecule has 0 radical (unpaired) electrons. The molecule has 7 nitrogen and oxygen atoms in total. The van der Waals surface area contributed by atoms with Crippen molar-refractivity contribution in [3.05, 3.63) is 40.6 Å². The lowest BCUT2D eigenvalue weighted by atomic mass is 9.86. The molecule has 0 bridgehead atoms. The third-order valence-electron chi connectivity index (χ3n) is 5.59. The van der Waals surface area contributed by atoms with Gasteiger partial charge in [0.05, 0.1) is 12.2 Å². The van der Waals surface area contributed by atoms with Crippen molar-refractivity contribution in [3.63, 3.8) is 0 Å². The van der Waals surface area contributed by atoms with Gasteiger partial charge in [0.25, 0.3) is 0 Å². The zero-order valence-corrected chi connectivity index (χ0v) is 14.9. The summed E-state index contributed by atoms with van der Waals surface area (Å²) in [5, 5.41) is 9.70. The highest BCUT2D eigenvalue weighted by atomic mass is 16.7. The molecule has 2 N–H and O–H groups in total. The van der Waals surface area contributed by atoms with Crippen LogP contribution in [0.2, 0.25) is 0 Å². The van der Waals surface area contributed by atoms with E-state index in [-0.39, 0.29) is 12.7 Å². The van der Waals surface area contributed by atoms with Crippen LogP contribution in [0.4, 0.5) is 11.5 Å². The number of fused-ring (bicyclic) bond motifs is 2. The Labute approximate surface area is 157 Å². The summed E-state index contributed by atoms with van der Waals surface area (Å²) in [6.07, 6.45) is 1.70. The van der Waals surface area contributed by atoms with Crippen LogP contribution in [0.25, 0.3) is 0 Å². The first-order chi connectivity index (χ1) is 13.2. The number of nitrogens with two attached hydrogens (primary N) is 1.